The fraction of sp³-hybridized carbons (Fsp3) is 0.500. The lowest BCUT2D eigenvalue weighted by Crippen LogP contribution is -2.38. The van der Waals surface area contributed by atoms with E-state index in [-0.39, 0.29) is 17.1 Å². The van der Waals surface area contributed by atoms with Crippen molar-refractivity contribution in [3.8, 4) is 0 Å². The lowest BCUT2D eigenvalue weighted by atomic mass is 10.0. The number of carbonyl (C=O) groups is 1. The normalized spacial score (nSPS) is 18.5. The second kappa shape index (κ2) is 4.13. The fourth-order valence-electron chi connectivity index (χ4n) is 2.50. The highest BCUT2D eigenvalue weighted by atomic mass is 19.1. The van der Waals surface area contributed by atoms with Crippen LogP contribution in [0.5, 0.6) is 0 Å². The molecule has 0 atom stereocenters. The van der Waals surface area contributed by atoms with Crippen molar-refractivity contribution < 1.29 is 9.18 Å². The minimum atomic E-state index is -0.298. The molecule has 2 nitrogen and oxygen atoms in total. The summed E-state index contributed by atoms with van der Waals surface area (Å²) in [5.74, 6) is -0.399. The largest absolute Gasteiger partial charge is 0.364 e. The first-order valence-corrected chi connectivity index (χ1v) is 6.00. The number of Topliss-reactive ketones (excluding diaryl/α,β-unsaturated/α-hetero) is 1. The Kier molecular flexibility index (Phi) is 2.94. The van der Waals surface area contributed by atoms with Crippen molar-refractivity contribution in [3.05, 3.63) is 29.6 Å². The maximum Gasteiger partial charge on any atom is 0.159 e. The number of benzene rings is 1. The van der Waals surface area contributed by atoms with Gasteiger partial charge in [-0.25, -0.2) is 4.39 Å². The third-order valence-electron chi connectivity index (χ3n) is 3.55. The summed E-state index contributed by atoms with van der Waals surface area (Å²) in [7, 11) is 0. The highest BCUT2D eigenvalue weighted by Gasteiger charge is 2.33. The van der Waals surface area contributed by atoms with E-state index in [1.54, 1.807) is 12.1 Å². The van der Waals surface area contributed by atoms with Gasteiger partial charge in [0.05, 0.1) is 5.69 Å². The lowest BCUT2D eigenvalue weighted by molar-refractivity contribution is 0.101. The SMILES string of the molecule is CC(=O)c1ccc(N2CCCC2(C)C)c(F)c1. The number of hydrogen-bond acceptors (Lipinski definition) is 2. The molecular formula is C14H18FNO. The standard InChI is InChI=1S/C14H18FNO/c1-10(17)11-5-6-13(12(15)9-11)16-8-4-7-14(16,2)3/h5-6,9H,4,7-8H2,1-3H3. The minimum absolute atomic E-state index is 0.00141. The Hall–Kier alpha value is -1.38. The van der Waals surface area contributed by atoms with Crippen LogP contribution in [0.3, 0.4) is 0 Å². The summed E-state index contributed by atoms with van der Waals surface area (Å²) >= 11 is 0. The van der Waals surface area contributed by atoms with Crippen LogP contribution in [0.1, 0.15) is 44.0 Å². The van der Waals surface area contributed by atoms with E-state index in [2.05, 4.69) is 18.7 Å². The van der Waals surface area contributed by atoms with Crippen LogP contribution in [0.25, 0.3) is 0 Å². The van der Waals surface area contributed by atoms with Crippen molar-refractivity contribution in [1.29, 1.82) is 0 Å². The fourth-order valence-corrected chi connectivity index (χ4v) is 2.50. The van der Waals surface area contributed by atoms with E-state index in [0.29, 0.717) is 11.3 Å². The van der Waals surface area contributed by atoms with E-state index in [9.17, 15) is 9.18 Å². The van der Waals surface area contributed by atoms with Crippen LogP contribution in [0, 0.1) is 5.82 Å². The van der Waals surface area contributed by atoms with Crippen molar-refractivity contribution in [2.24, 2.45) is 0 Å². The van der Waals surface area contributed by atoms with Gasteiger partial charge in [0.25, 0.3) is 0 Å². The van der Waals surface area contributed by atoms with E-state index >= 15 is 0 Å². The van der Waals surface area contributed by atoms with Crippen molar-refractivity contribution in [1.82, 2.24) is 0 Å². The predicted octanol–water partition coefficient (Wildman–Crippen LogP) is 3.41. The Morgan fingerprint density at radius 3 is 2.59 bits per heavy atom. The molecule has 1 aromatic rings. The molecule has 3 heteroatoms. The van der Waals surface area contributed by atoms with E-state index in [1.165, 1.54) is 13.0 Å². The molecule has 0 bridgehead atoms. The summed E-state index contributed by atoms with van der Waals surface area (Å²) in [4.78, 5) is 13.3. The van der Waals surface area contributed by atoms with Crippen molar-refractivity contribution >= 4 is 11.5 Å². The number of rotatable bonds is 2. The second-order valence-corrected chi connectivity index (χ2v) is 5.29. The molecule has 0 saturated carbocycles. The van der Waals surface area contributed by atoms with Gasteiger partial charge in [-0.1, -0.05) is 0 Å². The van der Waals surface area contributed by atoms with Gasteiger partial charge >= 0.3 is 0 Å². The maximum atomic E-state index is 14.0. The molecule has 0 unspecified atom stereocenters. The highest BCUT2D eigenvalue weighted by Crippen LogP contribution is 2.35. The summed E-state index contributed by atoms with van der Waals surface area (Å²) in [6.45, 7) is 6.58. The topological polar surface area (TPSA) is 20.3 Å². The van der Waals surface area contributed by atoms with Crippen LogP contribution in [0.15, 0.2) is 18.2 Å². The van der Waals surface area contributed by atoms with Gasteiger partial charge in [-0.05, 0) is 51.8 Å². The molecule has 1 aromatic carbocycles. The first kappa shape index (κ1) is 12.1. The average Bonchev–Trinajstić information content (AvgIpc) is 2.58. The van der Waals surface area contributed by atoms with E-state index in [0.717, 1.165) is 19.4 Å². The zero-order chi connectivity index (χ0) is 12.6. The molecule has 0 radical (unpaired) electrons. The molecule has 1 aliphatic heterocycles. The first-order valence-electron chi connectivity index (χ1n) is 6.00. The van der Waals surface area contributed by atoms with Crippen molar-refractivity contribution in [3.63, 3.8) is 0 Å². The van der Waals surface area contributed by atoms with Gasteiger partial charge < -0.3 is 4.90 Å². The zero-order valence-corrected chi connectivity index (χ0v) is 10.6. The smallest absolute Gasteiger partial charge is 0.159 e. The van der Waals surface area contributed by atoms with E-state index in [1.807, 2.05) is 0 Å². The number of nitrogens with zero attached hydrogens (tertiary/aromatic N) is 1. The van der Waals surface area contributed by atoms with Crippen LogP contribution in [-0.4, -0.2) is 17.9 Å². The van der Waals surface area contributed by atoms with Crippen LogP contribution in [-0.2, 0) is 0 Å². The lowest BCUT2D eigenvalue weighted by Gasteiger charge is -2.34. The molecular weight excluding hydrogens is 217 g/mol. The molecule has 0 aliphatic carbocycles. The molecule has 17 heavy (non-hydrogen) atoms. The zero-order valence-electron chi connectivity index (χ0n) is 10.6. The third-order valence-corrected chi connectivity index (χ3v) is 3.55. The molecule has 1 heterocycles. The molecule has 0 amide bonds. The van der Waals surface area contributed by atoms with E-state index in [4.69, 9.17) is 0 Å². The summed E-state index contributed by atoms with van der Waals surface area (Å²) < 4.78 is 14.0. The first-order chi connectivity index (χ1) is 7.92. The monoisotopic (exact) mass is 235 g/mol. The maximum absolute atomic E-state index is 14.0. The van der Waals surface area contributed by atoms with Crippen LogP contribution < -0.4 is 4.90 Å². The number of hydrogen-bond donors (Lipinski definition) is 0. The highest BCUT2D eigenvalue weighted by molar-refractivity contribution is 5.94. The number of ketones is 1. The van der Waals surface area contributed by atoms with Gasteiger partial charge in [-0.15, -0.1) is 0 Å². The predicted molar refractivity (Wildman–Crippen MR) is 67.1 cm³/mol. The van der Waals surface area contributed by atoms with Gasteiger partial charge in [0.2, 0.25) is 0 Å². The van der Waals surface area contributed by atoms with Gasteiger partial charge in [-0.3, -0.25) is 4.79 Å². The Morgan fingerprint density at radius 1 is 1.41 bits per heavy atom. The molecule has 1 fully saturated rings. The second-order valence-electron chi connectivity index (χ2n) is 5.29. The summed E-state index contributed by atoms with van der Waals surface area (Å²) in [6, 6.07) is 4.76. The molecule has 0 aromatic heterocycles. The van der Waals surface area contributed by atoms with Gasteiger partial charge in [0.15, 0.2) is 5.78 Å². The third kappa shape index (κ3) is 2.19. The molecule has 0 spiro atoms. The summed E-state index contributed by atoms with van der Waals surface area (Å²) in [5.41, 5.74) is 1.04. The van der Waals surface area contributed by atoms with Crippen molar-refractivity contribution in [2.45, 2.75) is 39.2 Å². The minimum Gasteiger partial charge on any atom is -0.364 e. The molecule has 0 N–H and O–H groups in total. The molecule has 1 aliphatic rings. The van der Waals surface area contributed by atoms with Crippen LogP contribution in [0.2, 0.25) is 0 Å². The van der Waals surface area contributed by atoms with Gasteiger partial charge in [-0.2, -0.15) is 0 Å². The van der Waals surface area contributed by atoms with Crippen molar-refractivity contribution in [2.75, 3.05) is 11.4 Å². The number of carbonyl (C=O) groups excluding carboxylic acids is 1. The van der Waals surface area contributed by atoms with E-state index < -0.39 is 0 Å². The molecule has 1 saturated heterocycles. The number of anilines is 1. The summed E-state index contributed by atoms with van der Waals surface area (Å²) in [6.07, 6.45) is 2.15. The van der Waals surface area contributed by atoms with Crippen LogP contribution >= 0.6 is 0 Å². The molecule has 92 valence electrons. The van der Waals surface area contributed by atoms with Crippen LogP contribution in [0.4, 0.5) is 10.1 Å². The average molecular weight is 235 g/mol. The Morgan fingerprint density at radius 2 is 2.12 bits per heavy atom. The Labute approximate surface area is 101 Å². The number of halogens is 1. The Balaban J connectivity index is 2.37. The quantitative estimate of drug-likeness (QED) is 0.732. The molecule has 2 rings (SSSR count). The summed E-state index contributed by atoms with van der Waals surface area (Å²) in [5, 5.41) is 0. The van der Waals surface area contributed by atoms with Gasteiger partial charge in [0, 0.05) is 17.6 Å². The Bertz CT molecular complexity index is 454. The van der Waals surface area contributed by atoms with Gasteiger partial charge in [0.1, 0.15) is 5.82 Å².